The number of amides is 1. The molecule has 9 heteroatoms. The van der Waals surface area contributed by atoms with Crippen molar-refractivity contribution < 1.29 is 13.2 Å². The molecule has 146 valence electrons. The summed E-state index contributed by atoms with van der Waals surface area (Å²) in [4.78, 5) is 12.4. The maximum Gasteiger partial charge on any atom is 0.272 e. The summed E-state index contributed by atoms with van der Waals surface area (Å²) in [5, 5.41) is 10.3. The first kappa shape index (κ1) is 20.1. The van der Waals surface area contributed by atoms with Crippen molar-refractivity contribution >= 4 is 32.4 Å². The number of benzene rings is 2. The highest BCUT2D eigenvalue weighted by Gasteiger charge is 2.26. The van der Waals surface area contributed by atoms with Crippen molar-refractivity contribution in [3.05, 3.63) is 70.8 Å². The van der Waals surface area contributed by atoms with Crippen LogP contribution in [-0.4, -0.2) is 35.9 Å². The second-order valence-electron chi connectivity index (χ2n) is 6.39. The Labute approximate surface area is 168 Å². The summed E-state index contributed by atoms with van der Waals surface area (Å²) in [7, 11) is -2.32. The van der Waals surface area contributed by atoms with Gasteiger partial charge in [0.05, 0.1) is 0 Å². The van der Waals surface area contributed by atoms with E-state index in [9.17, 15) is 13.2 Å². The van der Waals surface area contributed by atoms with E-state index in [1.807, 2.05) is 50.2 Å². The molecule has 0 aliphatic rings. The molecule has 1 N–H and O–H groups in total. The van der Waals surface area contributed by atoms with Gasteiger partial charge in [-0.15, -0.1) is 10.2 Å². The van der Waals surface area contributed by atoms with Gasteiger partial charge in [0, 0.05) is 19.2 Å². The van der Waals surface area contributed by atoms with Crippen LogP contribution in [0.25, 0.3) is 0 Å². The highest BCUT2D eigenvalue weighted by Crippen LogP contribution is 2.24. The predicted octanol–water partition coefficient (Wildman–Crippen LogP) is 3.23. The van der Waals surface area contributed by atoms with E-state index in [1.54, 1.807) is 12.1 Å². The molecule has 0 bridgehead atoms. The first-order chi connectivity index (χ1) is 13.3. The Hall–Kier alpha value is -2.62. The van der Waals surface area contributed by atoms with Gasteiger partial charge in [-0.2, -0.15) is 4.31 Å². The third-order valence-corrected chi connectivity index (χ3v) is 7.16. The lowest BCUT2D eigenvalue weighted by Crippen LogP contribution is -2.26. The van der Waals surface area contributed by atoms with E-state index in [2.05, 4.69) is 15.5 Å². The maximum absolute atomic E-state index is 12.7. The number of sulfonamides is 1. The molecular weight excluding hydrogens is 396 g/mol. The average molecular weight is 417 g/mol. The second kappa shape index (κ2) is 8.17. The summed E-state index contributed by atoms with van der Waals surface area (Å²) in [6.07, 6.45) is 0. The number of aryl methyl sites for hydroxylation is 2. The first-order valence-electron chi connectivity index (χ1n) is 8.50. The lowest BCUT2D eigenvalue weighted by Gasteiger charge is -2.15. The minimum atomic E-state index is -3.81. The zero-order valence-electron chi connectivity index (χ0n) is 15.7. The molecule has 0 atom stereocenters. The molecule has 0 saturated heterocycles. The number of carbonyl (C=O) groups is 1. The van der Waals surface area contributed by atoms with Crippen LogP contribution in [-0.2, 0) is 16.6 Å². The second-order valence-corrected chi connectivity index (χ2v) is 9.58. The number of rotatable bonds is 6. The number of anilines is 1. The number of nitrogens with zero attached hydrogens (tertiary/aromatic N) is 3. The summed E-state index contributed by atoms with van der Waals surface area (Å²) >= 11 is 0.826. The molecule has 3 aromatic rings. The third kappa shape index (κ3) is 4.44. The first-order valence-corrected chi connectivity index (χ1v) is 10.8. The van der Waals surface area contributed by atoms with Crippen molar-refractivity contribution in [3.8, 4) is 0 Å². The smallest absolute Gasteiger partial charge is 0.272 e. The number of hydrogen-bond acceptors (Lipinski definition) is 6. The fraction of sp³-hybridized carbons (Fsp3) is 0.211. The van der Waals surface area contributed by atoms with E-state index in [1.165, 1.54) is 11.4 Å². The largest absolute Gasteiger partial charge is 0.296 e. The molecule has 1 amide bonds. The van der Waals surface area contributed by atoms with Crippen molar-refractivity contribution in [2.24, 2.45) is 0 Å². The summed E-state index contributed by atoms with van der Waals surface area (Å²) in [6, 6.07) is 14.7. The highest BCUT2D eigenvalue weighted by molar-refractivity contribution is 7.91. The van der Waals surface area contributed by atoms with Crippen LogP contribution >= 0.6 is 11.3 Å². The van der Waals surface area contributed by atoms with Gasteiger partial charge in [0.15, 0.2) is 0 Å². The van der Waals surface area contributed by atoms with Crippen LogP contribution in [0.1, 0.15) is 27.0 Å². The van der Waals surface area contributed by atoms with Gasteiger partial charge < -0.3 is 0 Å². The molecule has 0 saturated carbocycles. The molecule has 3 rings (SSSR count). The fourth-order valence-electron chi connectivity index (χ4n) is 2.53. The van der Waals surface area contributed by atoms with E-state index in [4.69, 9.17) is 0 Å². The van der Waals surface area contributed by atoms with E-state index >= 15 is 0 Å². The van der Waals surface area contributed by atoms with Crippen LogP contribution in [0.2, 0.25) is 0 Å². The molecule has 0 fully saturated rings. The Bertz CT molecular complexity index is 1090. The van der Waals surface area contributed by atoms with Gasteiger partial charge >= 0.3 is 0 Å². The Morgan fingerprint density at radius 1 is 1.07 bits per heavy atom. The van der Waals surface area contributed by atoms with Gasteiger partial charge in [0.2, 0.25) is 9.47 Å². The molecule has 0 unspecified atom stereocenters. The maximum atomic E-state index is 12.7. The molecular formula is C19H20N4O3S2. The SMILES string of the molecule is Cc1ccc(CN(C)S(=O)(=O)c2nnc(NC(=O)c3ccccc3C)s2)cc1. The minimum absolute atomic E-state index is 0.135. The van der Waals surface area contributed by atoms with Crippen LogP contribution < -0.4 is 5.32 Å². The van der Waals surface area contributed by atoms with Gasteiger partial charge in [-0.1, -0.05) is 59.4 Å². The van der Waals surface area contributed by atoms with Gasteiger partial charge in [-0.05, 0) is 31.0 Å². The van der Waals surface area contributed by atoms with E-state index in [0.717, 1.165) is 28.0 Å². The van der Waals surface area contributed by atoms with Crippen LogP contribution in [0.5, 0.6) is 0 Å². The fourth-order valence-corrected chi connectivity index (χ4v) is 4.77. The minimum Gasteiger partial charge on any atom is -0.296 e. The van der Waals surface area contributed by atoms with E-state index in [0.29, 0.717) is 5.56 Å². The Balaban J connectivity index is 1.73. The summed E-state index contributed by atoms with van der Waals surface area (Å²) in [5.74, 6) is -0.355. The molecule has 1 aromatic heterocycles. The zero-order chi connectivity index (χ0) is 20.3. The van der Waals surface area contributed by atoms with Gasteiger partial charge in [0.1, 0.15) is 0 Å². The van der Waals surface area contributed by atoms with Crippen molar-refractivity contribution in [2.45, 2.75) is 24.7 Å². The lowest BCUT2D eigenvalue weighted by atomic mass is 10.1. The molecule has 0 aliphatic heterocycles. The highest BCUT2D eigenvalue weighted by atomic mass is 32.2. The standard InChI is InChI=1S/C19H20N4O3S2/c1-13-8-10-15(11-9-13)12-23(3)28(25,26)19-22-21-18(27-19)20-17(24)16-7-5-4-6-14(16)2/h4-11H,12H2,1-3H3,(H,20,21,24). The number of carbonyl (C=O) groups excluding carboxylic acids is 1. The lowest BCUT2D eigenvalue weighted by molar-refractivity contribution is 0.102. The Kier molecular flexibility index (Phi) is 5.87. The van der Waals surface area contributed by atoms with Crippen LogP contribution in [0, 0.1) is 13.8 Å². The number of aromatic nitrogens is 2. The summed E-state index contributed by atoms with van der Waals surface area (Å²) in [6.45, 7) is 4.01. The van der Waals surface area contributed by atoms with E-state index in [-0.39, 0.29) is 21.9 Å². The zero-order valence-corrected chi connectivity index (χ0v) is 17.3. The molecule has 1 heterocycles. The normalized spacial score (nSPS) is 11.6. The molecule has 0 radical (unpaired) electrons. The van der Waals surface area contributed by atoms with Gasteiger partial charge in [-0.25, -0.2) is 8.42 Å². The topological polar surface area (TPSA) is 92.3 Å². The molecule has 28 heavy (non-hydrogen) atoms. The van der Waals surface area contributed by atoms with Gasteiger partial charge in [-0.3, -0.25) is 10.1 Å². The van der Waals surface area contributed by atoms with Crippen LogP contribution in [0.3, 0.4) is 0 Å². The monoisotopic (exact) mass is 416 g/mol. The Morgan fingerprint density at radius 3 is 2.43 bits per heavy atom. The summed E-state index contributed by atoms with van der Waals surface area (Å²) in [5.41, 5.74) is 3.29. The molecule has 0 spiro atoms. The number of nitrogens with one attached hydrogen (secondary N) is 1. The molecule has 0 aliphatic carbocycles. The van der Waals surface area contributed by atoms with Crippen molar-refractivity contribution in [2.75, 3.05) is 12.4 Å². The van der Waals surface area contributed by atoms with Crippen LogP contribution in [0.15, 0.2) is 52.9 Å². The molecule has 2 aromatic carbocycles. The van der Waals surface area contributed by atoms with Crippen molar-refractivity contribution in [1.29, 1.82) is 0 Å². The quantitative estimate of drug-likeness (QED) is 0.623. The van der Waals surface area contributed by atoms with E-state index < -0.39 is 10.0 Å². The third-order valence-electron chi connectivity index (χ3n) is 4.17. The van der Waals surface area contributed by atoms with Crippen molar-refractivity contribution in [3.63, 3.8) is 0 Å². The predicted molar refractivity (Wildman–Crippen MR) is 109 cm³/mol. The van der Waals surface area contributed by atoms with Crippen molar-refractivity contribution in [1.82, 2.24) is 14.5 Å². The van der Waals surface area contributed by atoms with Crippen LogP contribution in [0.4, 0.5) is 5.13 Å². The summed E-state index contributed by atoms with van der Waals surface area (Å²) < 4.78 is 26.5. The number of hydrogen-bond donors (Lipinski definition) is 1. The Morgan fingerprint density at radius 2 is 1.75 bits per heavy atom. The average Bonchev–Trinajstić information content (AvgIpc) is 3.13. The van der Waals surface area contributed by atoms with Gasteiger partial charge in [0.25, 0.3) is 15.9 Å². The molecule has 7 nitrogen and oxygen atoms in total.